The normalized spacial score (nSPS) is 15.5. The Bertz CT molecular complexity index is 754. The summed E-state index contributed by atoms with van der Waals surface area (Å²) in [5.41, 5.74) is 5.32. The first-order valence-corrected chi connectivity index (χ1v) is 6.63. The number of fused-ring (bicyclic) bond motifs is 1. The third kappa shape index (κ3) is 2.10. The van der Waals surface area contributed by atoms with Crippen molar-refractivity contribution in [3.63, 3.8) is 0 Å². The number of hydrogen-bond acceptors (Lipinski definition) is 2. The summed E-state index contributed by atoms with van der Waals surface area (Å²) < 4.78 is 0. The van der Waals surface area contributed by atoms with Crippen LogP contribution in [0.2, 0.25) is 0 Å². The van der Waals surface area contributed by atoms with Gasteiger partial charge in [-0.2, -0.15) is 0 Å². The van der Waals surface area contributed by atoms with E-state index in [1.54, 1.807) is 6.08 Å². The van der Waals surface area contributed by atoms with E-state index >= 15 is 0 Å². The second-order valence-corrected chi connectivity index (χ2v) is 4.97. The van der Waals surface area contributed by atoms with Gasteiger partial charge in [0.05, 0.1) is 5.69 Å². The van der Waals surface area contributed by atoms with E-state index in [0.29, 0.717) is 5.71 Å². The Kier molecular flexibility index (Phi) is 3.07. The predicted octanol–water partition coefficient (Wildman–Crippen LogP) is 4.29. The maximum absolute atomic E-state index is 12.4. The molecule has 98 valence electrons. The smallest absolute Gasteiger partial charge is 0.211 e. The Morgan fingerprint density at radius 1 is 0.900 bits per heavy atom. The lowest BCUT2D eigenvalue weighted by Crippen LogP contribution is -2.16. The minimum Gasteiger partial charge on any atom is -0.287 e. The lowest BCUT2D eigenvalue weighted by Gasteiger charge is -2.11. The summed E-state index contributed by atoms with van der Waals surface area (Å²) in [5.74, 6) is -0.0102. The van der Waals surface area contributed by atoms with Crippen LogP contribution in [0.5, 0.6) is 0 Å². The molecule has 0 atom stereocenters. The molecule has 3 rings (SSSR count). The fourth-order valence-corrected chi connectivity index (χ4v) is 2.31. The molecule has 2 aromatic rings. The van der Waals surface area contributed by atoms with Crippen molar-refractivity contribution in [2.24, 2.45) is 4.99 Å². The molecular weight excluding hydrogens is 246 g/mol. The fourth-order valence-electron chi connectivity index (χ4n) is 2.31. The Labute approximate surface area is 118 Å². The molecule has 0 fully saturated rings. The summed E-state index contributed by atoms with van der Waals surface area (Å²) in [6, 6.07) is 13.6. The number of carbonyl (C=O) groups is 1. The highest BCUT2D eigenvalue weighted by Crippen LogP contribution is 2.24. The largest absolute Gasteiger partial charge is 0.287 e. The van der Waals surface area contributed by atoms with Crippen LogP contribution in [0.3, 0.4) is 0 Å². The Morgan fingerprint density at radius 3 is 2.55 bits per heavy atom. The van der Waals surface area contributed by atoms with Gasteiger partial charge in [-0.25, -0.2) is 4.99 Å². The second-order valence-electron chi connectivity index (χ2n) is 4.97. The first-order valence-electron chi connectivity index (χ1n) is 6.63. The predicted molar refractivity (Wildman–Crippen MR) is 82.8 cm³/mol. The molecule has 0 radical (unpaired) electrons. The molecule has 0 saturated carbocycles. The lowest BCUT2D eigenvalue weighted by molar-refractivity contribution is 0.106. The van der Waals surface area contributed by atoms with Gasteiger partial charge in [0, 0.05) is 5.56 Å². The van der Waals surface area contributed by atoms with Crippen LogP contribution < -0.4 is 0 Å². The molecule has 0 heterocycles. The monoisotopic (exact) mass is 261 g/mol. The van der Waals surface area contributed by atoms with Gasteiger partial charge in [-0.3, -0.25) is 4.79 Å². The number of ketones is 1. The van der Waals surface area contributed by atoms with Gasteiger partial charge in [0.1, 0.15) is 5.71 Å². The summed E-state index contributed by atoms with van der Waals surface area (Å²) in [6.07, 6.45) is 3.74. The minimum atomic E-state index is -0.0102. The maximum atomic E-state index is 12.4. The van der Waals surface area contributed by atoms with Crippen molar-refractivity contribution in [1.29, 1.82) is 0 Å². The number of rotatable bonds is 1. The SMILES string of the molecule is Cc1cccc(N=C2C=Cc3ccccc3C2=O)c1C. The number of hydrogen-bond donors (Lipinski definition) is 0. The van der Waals surface area contributed by atoms with Crippen molar-refractivity contribution < 1.29 is 4.79 Å². The van der Waals surface area contributed by atoms with Crippen molar-refractivity contribution in [2.45, 2.75) is 13.8 Å². The van der Waals surface area contributed by atoms with E-state index in [9.17, 15) is 4.79 Å². The van der Waals surface area contributed by atoms with E-state index in [0.717, 1.165) is 22.4 Å². The van der Waals surface area contributed by atoms with Gasteiger partial charge in [-0.05, 0) is 42.7 Å². The standard InChI is InChI=1S/C18H15NO/c1-12-6-5-9-16(13(12)2)19-17-11-10-14-7-3-4-8-15(14)18(17)20/h3-11H,1-2H3. The number of allylic oxidation sites excluding steroid dienone is 1. The number of carbonyl (C=O) groups excluding carboxylic acids is 1. The van der Waals surface area contributed by atoms with Gasteiger partial charge in [0.2, 0.25) is 5.78 Å². The van der Waals surface area contributed by atoms with Crippen LogP contribution >= 0.6 is 0 Å². The van der Waals surface area contributed by atoms with Crippen LogP contribution in [0.4, 0.5) is 5.69 Å². The number of aliphatic imine (C=N–C) groups is 1. The molecule has 1 aliphatic rings. The molecule has 0 aliphatic heterocycles. The van der Waals surface area contributed by atoms with Crippen LogP contribution in [-0.4, -0.2) is 11.5 Å². The van der Waals surface area contributed by atoms with Crippen LogP contribution in [0.1, 0.15) is 27.0 Å². The van der Waals surface area contributed by atoms with Gasteiger partial charge in [-0.15, -0.1) is 0 Å². The van der Waals surface area contributed by atoms with Crippen LogP contribution in [0.15, 0.2) is 53.5 Å². The molecule has 1 aliphatic carbocycles. The average molecular weight is 261 g/mol. The number of Topliss-reactive ketones (excluding diaryl/α,β-unsaturated/α-hetero) is 1. The van der Waals surface area contributed by atoms with Crippen molar-refractivity contribution in [1.82, 2.24) is 0 Å². The van der Waals surface area contributed by atoms with Crippen LogP contribution in [-0.2, 0) is 0 Å². The van der Waals surface area contributed by atoms with Crippen molar-refractivity contribution in [3.05, 3.63) is 70.8 Å². The highest BCUT2D eigenvalue weighted by atomic mass is 16.1. The Balaban J connectivity index is 2.07. The second kappa shape index (κ2) is 4.89. The van der Waals surface area contributed by atoms with Gasteiger partial charge in [-0.1, -0.05) is 42.5 Å². The topological polar surface area (TPSA) is 29.4 Å². The molecule has 0 saturated heterocycles. The number of aryl methyl sites for hydroxylation is 1. The zero-order chi connectivity index (χ0) is 14.1. The minimum absolute atomic E-state index is 0.0102. The first-order chi connectivity index (χ1) is 9.66. The molecule has 20 heavy (non-hydrogen) atoms. The Morgan fingerprint density at radius 2 is 1.70 bits per heavy atom. The Hall–Kier alpha value is -2.48. The highest BCUT2D eigenvalue weighted by molar-refractivity contribution is 6.52. The highest BCUT2D eigenvalue weighted by Gasteiger charge is 2.18. The summed E-state index contributed by atoms with van der Waals surface area (Å²) in [4.78, 5) is 17.0. The third-order valence-corrected chi connectivity index (χ3v) is 3.68. The number of nitrogens with zero attached hydrogens (tertiary/aromatic N) is 1. The average Bonchev–Trinajstić information content (AvgIpc) is 2.47. The van der Waals surface area contributed by atoms with E-state index in [2.05, 4.69) is 4.99 Å². The third-order valence-electron chi connectivity index (χ3n) is 3.68. The van der Waals surface area contributed by atoms with Crippen LogP contribution in [0.25, 0.3) is 6.08 Å². The van der Waals surface area contributed by atoms with Gasteiger partial charge >= 0.3 is 0 Å². The zero-order valence-electron chi connectivity index (χ0n) is 11.6. The van der Waals surface area contributed by atoms with E-state index in [-0.39, 0.29) is 5.78 Å². The lowest BCUT2D eigenvalue weighted by atomic mass is 9.95. The van der Waals surface area contributed by atoms with Gasteiger partial charge in [0.25, 0.3) is 0 Å². The van der Waals surface area contributed by atoms with E-state index in [1.165, 1.54) is 5.56 Å². The molecule has 2 heteroatoms. The van der Waals surface area contributed by atoms with E-state index in [1.807, 2.05) is 62.4 Å². The van der Waals surface area contributed by atoms with Crippen molar-refractivity contribution in [3.8, 4) is 0 Å². The maximum Gasteiger partial charge on any atom is 0.211 e. The summed E-state index contributed by atoms with van der Waals surface area (Å²) in [6.45, 7) is 4.08. The zero-order valence-corrected chi connectivity index (χ0v) is 11.6. The van der Waals surface area contributed by atoms with Gasteiger partial charge < -0.3 is 0 Å². The summed E-state index contributed by atoms with van der Waals surface area (Å²) in [5, 5.41) is 0. The molecule has 2 nitrogen and oxygen atoms in total. The molecule has 0 spiro atoms. The number of benzene rings is 2. The molecule has 0 bridgehead atoms. The van der Waals surface area contributed by atoms with E-state index < -0.39 is 0 Å². The molecular formula is C18H15NO. The fraction of sp³-hybridized carbons (Fsp3) is 0.111. The summed E-state index contributed by atoms with van der Waals surface area (Å²) >= 11 is 0. The molecule has 0 unspecified atom stereocenters. The molecule has 0 aromatic heterocycles. The van der Waals surface area contributed by atoms with Gasteiger partial charge in [0.15, 0.2) is 0 Å². The first kappa shape index (κ1) is 12.5. The van der Waals surface area contributed by atoms with Crippen LogP contribution in [0, 0.1) is 13.8 Å². The van der Waals surface area contributed by atoms with Crippen molar-refractivity contribution >= 4 is 23.3 Å². The van der Waals surface area contributed by atoms with E-state index in [4.69, 9.17) is 0 Å². The molecule has 2 aromatic carbocycles. The molecule has 0 N–H and O–H groups in total. The van der Waals surface area contributed by atoms with Crippen molar-refractivity contribution in [2.75, 3.05) is 0 Å². The molecule has 0 amide bonds. The quantitative estimate of drug-likeness (QED) is 0.753. The summed E-state index contributed by atoms with van der Waals surface area (Å²) in [7, 11) is 0.